The largest absolute Gasteiger partial charge is 0.369 e. The van der Waals surface area contributed by atoms with E-state index < -0.39 is 11.6 Å². The van der Waals surface area contributed by atoms with Gasteiger partial charge in [0, 0.05) is 37.4 Å². The molecule has 1 aromatic rings. The Bertz CT molecular complexity index is 391. The Hall–Kier alpha value is -1.16. The predicted molar refractivity (Wildman–Crippen MR) is 70.1 cm³/mol. The fraction of sp³-hybridized carbons (Fsp3) is 0.571. The van der Waals surface area contributed by atoms with Gasteiger partial charge in [-0.3, -0.25) is 0 Å². The number of nitrogens with one attached hydrogen (secondary N) is 1. The van der Waals surface area contributed by atoms with Crippen molar-refractivity contribution < 1.29 is 8.78 Å². The average Bonchev–Trinajstić information content (AvgIpc) is 2.38. The van der Waals surface area contributed by atoms with Crippen molar-refractivity contribution in [1.29, 1.82) is 0 Å². The average molecular weight is 254 g/mol. The first kappa shape index (κ1) is 13.3. The van der Waals surface area contributed by atoms with E-state index in [2.05, 4.69) is 5.32 Å². The summed E-state index contributed by atoms with van der Waals surface area (Å²) in [6.45, 7) is 7.09. The summed E-state index contributed by atoms with van der Waals surface area (Å²) in [5, 5.41) is 3.22. The summed E-state index contributed by atoms with van der Waals surface area (Å²) < 4.78 is 28.0. The molecule has 0 bridgehead atoms. The molecule has 4 heteroatoms. The van der Waals surface area contributed by atoms with Crippen molar-refractivity contribution in [3.8, 4) is 0 Å². The Balaban J connectivity index is 2.29. The molecule has 2 rings (SSSR count). The lowest BCUT2D eigenvalue weighted by Crippen LogP contribution is -2.43. The second-order valence-electron chi connectivity index (χ2n) is 4.87. The first-order valence-electron chi connectivity index (χ1n) is 6.58. The third kappa shape index (κ3) is 2.64. The SMILES string of the molecule is CCC(C)c1c(F)cc(N2CCNCC2)cc1F. The summed E-state index contributed by atoms with van der Waals surface area (Å²) >= 11 is 0. The Morgan fingerprint density at radius 3 is 2.28 bits per heavy atom. The minimum Gasteiger partial charge on any atom is -0.369 e. The van der Waals surface area contributed by atoms with Crippen LogP contribution in [0.2, 0.25) is 0 Å². The molecule has 0 aromatic heterocycles. The van der Waals surface area contributed by atoms with Crippen LogP contribution < -0.4 is 10.2 Å². The van der Waals surface area contributed by atoms with Crippen molar-refractivity contribution in [1.82, 2.24) is 5.32 Å². The summed E-state index contributed by atoms with van der Waals surface area (Å²) in [6, 6.07) is 2.94. The molecule has 0 spiro atoms. The van der Waals surface area contributed by atoms with Gasteiger partial charge in [-0.2, -0.15) is 0 Å². The highest BCUT2D eigenvalue weighted by Gasteiger charge is 2.19. The zero-order valence-electron chi connectivity index (χ0n) is 11.0. The fourth-order valence-electron chi connectivity index (χ4n) is 2.35. The van der Waals surface area contributed by atoms with Crippen LogP contribution in [-0.4, -0.2) is 26.2 Å². The van der Waals surface area contributed by atoms with Crippen molar-refractivity contribution in [2.75, 3.05) is 31.1 Å². The highest BCUT2D eigenvalue weighted by molar-refractivity contribution is 5.50. The van der Waals surface area contributed by atoms with Crippen molar-refractivity contribution in [3.63, 3.8) is 0 Å². The van der Waals surface area contributed by atoms with E-state index in [1.807, 2.05) is 18.7 Å². The molecule has 2 nitrogen and oxygen atoms in total. The maximum atomic E-state index is 14.0. The smallest absolute Gasteiger partial charge is 0.131 e. The van der Waals surface area contributed by atoms with E-state index in [0.717, 1.165) is 32.6 Å². The number of anilines is 1. The highest BCUT2D eigenvalue weighted by Crippen LogP contribution is 2.29. The third-order valence-electron chi connectivity index (χ3n) is 3.65. The monoisotopic (exact) mass is 254 g/mol. The molecule has 1 fully saturated rings. The van der Waals surface area contributed by atoms with Gasteiger partial charge in [-0.05, 0) is 24.5 Å². The van der Waals surface area contributed by atoms with E-state index in [0.29, 0.717) is 5.69 Å². The van der Waals surface area contributed by atoms with Crippen LogP contribution in [0, 0.1) is 11.6 Å². The number of piperazine rings is 1. The number of hydrogen-bond donors (Lipinski definition) is 1. The molecule has 1 aromatic carbocycles. The van der Waals surface area contributed by atoms with Gasteiger partial charge in [0.1, 0.15) is 11.6 Å². The van der Waals surface area contributed by atoms with E-state index in [-0.39, 0.29) is 11.5 Å². The van der Waals surface area contributed by atoms with E-state index >= 15 is 0 Å². The molecule has 1 unspecified atom stereocenters. The van der Waals surface area contributed by atoms with Gasteiger partial charge < -0.3 is 10.2 Å². The lowest BCUT2D eigenvalue weighted by Gasteiger charge is -2.30. The molecule has 18 heavy (non-hydrogen) atoms. The molecule has 1 saturated heterocycles. The lowest BCUT2D eigenvalue weighted by molar-refractivity contribution is 0.524. The Morgan fingerprint density at radius 1 is 1.22 bits per heavy atom. The van der Waals surface area contributed by atoms with Crippen LogP contribution in [0.1, 0.15) is 31.7 Å². The molecule has 1 aliphatic heterocycles. The predicted octanol–water partition coefficient (Wildman–Crippen LogP) is 2.89. The third-order valence-corrected chi connectivity index (χ3v) is 3.65. The first-order chi connectivity index (χ1) is 8.63. The van der Waals surface area contributed by atoms with E-state index in [1.54, 1.807) is 0 Å². The number of benzene rings is 1. The topological polar surface area (TPSA) is 15.3 Å². The molecular formula is C14H20F2N2. The number of rotatable bonds is 3. The second kappa shape index (κ2) is 5.65. The summed E-state index contributed by atoms with van der Waals surface area (Å²) in [7, 11) is 0. The minimum absolute atomic E-state index is 0.0814. The zero-order valence-corrected chi connectivity index (χ0v) is 11.0. The molecule has 1 heterocycles. The molecule has 1 aliphatic rings. The molecule has 0 aliphatic carbocycles. The first-order valence-corrected chi connectivity index (χ1v) is 6.58. The molecule has 100 valence electrons. The molecule has 0 saturated carbocycles. The summed E-state index contributed by atoms with van der Waals surface area (Å²) in [5.41, 5.74) is 0.870. The molecule has 1 N–H and O–H groups in total. The van der Waals surface area contributed by atoms with Gasteiger partial charge in [-0.25, -0.2) is 8.78 Å². The second-order valence-corrected chi connectivity index (χ2v) is 4.87. The lowest BCUT2D eigenvalue weighted by atomic mass is 9.97. The number of nitrogens with zero attached hydrogens (tertiary/aromatic N) is 1. The maximum Gasteiger partial charge on any atom is 0.131 e. The van der Waals surface area contributed by atoms with Crippen LogP contribution >= 0.6 is 0 Å². The molecular weight excluding hydrogens is 234 g/mol. The van der Waals surface area contributed by atoms with Gasteiger partial charge in [0.25, 0.3) is 0 Å². The Labute approximate surface area is 107 Å². The van der Waals surface area contributed by atoms with Gasteiger partial charge in [0.15, 0.2) is 0 Å². The van der Waals surface area contributed by atoms with Crippen LogP contribution in [0.4, 0.5) is 14.5 Å². The van der Waals surface area contributed by atoms with Crippen molar-refractivity contribution in [2.45, 2.75) is 26.2 Å². The van der Waals surface area contributed by atoms with E-state index in [4.69, 9.17) is 0 Å². The van der Waals surface area contributed by atoms with Gasteiger partial charge in [0.05, 0.1) is 0 Å². The van der Waals surface area contributed by atoms with Crippen molar-refractivity contribution >= 4 is 5.69 Å². The van der Waals surface area contributed by atoms with Crippen LogP contribution in [0.25, 0.3) is 0 Å². The fourth-order valence-corrected chi connectivity index (χ4v) is 2.35. The number of hydrogen-bond acceptors (Lipinski definition) is 2. The Kier molecular flexibility index (Phi) is 4.17. The number of halogens is 2. The molecule has 0 amide bonds. The summed E-state index contributed by atoms with van der Waals surface area (Å²) in [5.74, 6) is -0.919. The summed E-state index contributed by atoms with van der Waals surface area (Å²) in [4.78, 5) is 2.02. The van der Waals surface area contributed by atoms with Gasteiger partial charge >= 0.3 is 0 Å². The van der Waals surface area contributed by atoms with Gasteiger partial charge in [0.2, 0.25) is 0 Å². The van der Waals surface area contributed by atoms with Gasteiger partial charge in [-0.1, -0.05) is 13.8 Å². The zero-order chi connectivity index (χ0) is 13.1. The van der Waals surface area contributed by atoms with Crippen molar-refractivity contribution in [3.05, 3.63) is 29.3 Å². The van der Waals surface area contributed by atoms with Crippen molar-refractivity contribution in [2.24, 2.45) is 0 Å². The normalized spacial score (nSPS) is 17.9. The van der Waals surface area contributed by atoms with Gasteiger partial charge in [-0.15, -0.1) is 0 Å². The summed E-state index contributed by atoms with van der Waals surface area (Å²) in [6.07, 6.45) is 0.737. The van der Waals surface area contributed by atoms with Crippen LogP contribution in [0.5, 0.6) is 0 Å². The van der Waals surface area contributed by atoms with E-state index in [9.17, 15) is 8.78 Å². The van der Waals surface area contributed by atoms with Crippen LogP contribution in [-0.2, 0) is 0 Å². The maximum absolute atomic E-state index is 14.0. The molecule has 1 atom stereocenters. The van der Waals surface area contributed by atoms with Crippen LogP contribution in [0.3, 0.4) is 0 Å². The van der Waals surface area contributed by atoms with Crippen LogP contribution in [0.15, 0.2) is 12.1 Å². The quantitative estimate of drug-likeness (QED) is 0.892. The molecule has 0 radical (unpaired) electrons. The minimum atomic E-state index is -0.419. The standard InChI is InChI=1S/C14H20F2N2/c1-3-10(2)14-12(15)8-11(9-13(14)16)18-6-4-17-5-7-18/h8-10,17H,3-7H2,1-2H3. The van der Waals surface area contributed by atoms with E-state index in [1.165, 1.54) is 12.1 Å². The Morgan fingerprint density at radius 2 is 1.78 bits per heavy atom. The highest BCUT2D eigenvalue weighted by atomic mass is 19.1.